The number of hydrogen-bond donors (Lipinski definition) is 1. The Bertz CT molecular complexity index is 4070. The molecule has 1 aliphatic rings. The Hall–Kier alpha value is -8.86. The van der Waals surface area contributed by atoms with Crippen LogP contribution in [0.25, 0.3) is 71.0 Å². The number of furan rings is 1. The molecule has 0 aliphatic heterocycles. The summed E-state index contributed by atoms with van der Waals surface area (Å²) in [4.78, 5) is 4.63. The molecule has 1 unspecified atom stereocenters. The van der Waals surface area contributed by atoms with Gasteiger partial charge >= 0.3 is 0 Å². The standard InChI is InChI=1S/C67H50N2O2/c1-42-25-33-50(34-26-42)68(61-23-11-19-53(65(61)70)49-17-9-16-48(41-49)52-18-8-7-13-44(52)3)59-39-31-46-30-38-58-60(40-32-47-29-37-57(59)63(46)64(47)58)69(51-35-27-43(2)28-36-51)62-24-12-22-56-55-21-10-20-54(66(55)71-67(56)62)45-14-5-4-6-15-45/h4-40,49,70H,41H2,1-3H3. The van der Waals surface area contributed by atoms with Crippen LogP contribution in [0, 0.1) is 20.8 Å². The molecule has 12 aromatic rings. The Morgan fingerprint density at radius 2 is 1.00 bits per heavy atom. The molecule has 1 atom stereocenters. The maximum absolute atomic E-state index is 12.7. The smallest absolute Gasteiger partial charge is 0.159 e. The zero-order valence-corrected chi connectivity index (χ0v) is 39.9. The molecule has 0 spiro atoms. The van der Waals surface area contributed by atoms with Crippen LogP contribution in [0.4, 0.5) is 34.1 Å². The van der Waals surface area contributed by atoms with Gasteiger partial charge in [-0.25, -0.2) is 0 Å². The van der Waals surface area contributed by atoms with Gasteiger partial charge in [0, 0.05) is 50.0 Å². The van der Waals surface area contributed by atoms with Gasteiger partial charge in [0.2, 0.25) is 0 Å². The van der Waals surface area contributed by atoms with Crippen LogP contribution in [0.3, 0.4) is 0 Å². The number of nitrogens with zero attached hydrogens (tertiary/aromatic N) is 2. The third-order valence-corrected chi connectivity index (χ3v) is 14.8. The van der Waals surface area contributed by atoms with Crippen LogP contribution in [0.2, 0.25) is 0 Å². The minimum atomic E-state index is 0.00185. The van der Waals surface area contributed by atoms with Crippen LogP contribution in [0.1, 0.15) is 40.2 Å². The number of hydrogen-bond acceptors (Lipinski definition) is 4. The topological polar surface area (TPSA) is 39.9 Å². The normalized spacial score (nSPS) is 13.7. The lowest BCUT2D eigenvalue weighted by Gasteiger charge is -2.30. The molecule has 4 heteroatoms. The monoisotopic (exact) mass is 914 g/mol. The molecule has 71 heavy (non-hydrogen) atoms. The fourth-order valence-corrected chi connectivity index (χ4v) is 11.2. The second-order valence-electron chi connectivity index (χ2n) is 19.2. The summed E-state index contributed by atoms with van der Waals surface area (Å²) in [5.74, 6) is 0.285. The fraction of sp³-hybridized carbons (Fsp3) is 0.0746. The van der Waals surface area contributed by atoms with E-state index in [9.17, 15) is 5.11 Å². The highest BCUT2D eigenvalue weighted by Crippen LogP contribution is 2.52. The Balaban J connectivity index is 0.998. The van der Waals surface area contributed by atoms with Crippen LogP contribution in [0.15, 0.2) is 229 Å². The van der Waals surface area contributed by atoms with Crippen molar-refractivity contribution in [1.29, 1.82) is 0 Å². The number of anilines is 6. The van der Waals surface area contributed by atoms with Crippen molar-refractivity contribution in [2.45, 2.75) is 33.1 Å². The summed E-state index contributed by atoms with van der Waals surface area (Å²) in [5.41, 5.74) is 16.7. The molecule has 0 fully saturated rings. The molecule has 0 radical (unpaired) electrons. The van der Waals surface area contributed by atoms with E-state index in [0.29, 0.717) is 0 Å². The summed E-state index contributed by atoms with van der Waals surface area (Å²) in [6, 6.07) is 73.8. The first kappa shape index (κ1) is 42.3. The first-order valence-corrected chi connectivity index (χ1v) is 24.6. The Morgan fingerprint density at radius 1 is 0.451 bits per heavy atom. The number of allylic oxidation sites excluding steroid dienone is 4. The van der Waals surface area contributed by atoms with Crippen molar-refractivity contribution < 1.29 is 9.52 Å². The Morgan fingerprint density at radius 3 is 1.66 bits per heavy atom. The lowest BCUT2D eigenvalue weighted by atomic mass is 9.84. The van der Waals surface area contributed by atoms with E-state index >= 15 is 0 Å². The molecule has 0 saturated heterocycles. The van der Waals surface area contributed by atoms with Gasteiger partial charge in [0.05, 0.1) is 22.7 Å². The molecule has 1 N–H and O–H groups in total. The van der Waals surface area contributed by atoms with Gasteiger partial charge in [-0.15, -0.1) is 0 Å². The number of fused-ring (bicyclic) bond motifs is 3. The molecule has 340 valence electrons. The van der Waals surface area contributed by atoms with E-state index in [2.05, 4.69) is 255 Å². The highest BCUT2D eigenvalue weighted by Gasteiger charge is 2.27. The summed E-state index contributed by atoms with van der Waals surface area (Å²) in [7, 11) is 0. The SMILES string of the molecule is Cc1ccc(N(c2cccc(C3C=CC=C(c4ccccc4C)C3)c2O)c2ccc3ccc4c(N(c5ccc(C)cc5)c5cccc6c5oc5c(-c7ccccc7)cccc56)ccc5ccc2c3c54)cc1. The van der Waals surface area contributed by atoms with Crippen LogP contribution >= 0.6 is 0 Å². The van der Waals surface area contributed by atoms with Gasteiger partial charge in [0.15, 0.2) is 5.58 Å². The average molecular weight is 915 g/mol. The van der Waals surface area contributed by atoms with Gasteiger partial charge in [-0.1, -0.05) is 187 Å². The first-order chi connectivity index (χ1) is 34.9. The van der Waals surface area contributed by atoms with Gasteiger partial charge in [-0.3, -0.25) is 0 Å². The van der Waals surface area contributed by atoms with Crippen molar-refractivity contribution in [3.8, 4) is 16.9 Å². The van der Waals surface area contributed by atoms with Crippen LogP contribution in [-0.2, 0) is 0 Å². The molecule has 0 bridgehead atoms. The Labute approximate surface area is 413 Å². The van der Waals surface area contributed by atoms with E-state index in [4.69, 9.17) is 4.42 Å². The van der Waals surface area contributed by atoms with Gasteiger partial charge in [0.1, 0.15) is 11.3 Å². The van der Waals surface area contributed by atoms with E-state index in [-0.39, 0.29) is 11.7 Å². The van der Waals surface area contributed by atoms with E-state index in [1.807, 2.05) is 0 Å². The second kappa shape index (κ2) is 17.0. The molecule has 13 rings (SSSR count). The van der Waals surface area contributed by atoms with Gasteiger partial charge in [0.25, 0.3) is 0 Å². The van der Waals surface area contributed by atoms with E-state index in [1.165, 1.54) is 38.6 Å². The number of phenolic OH excluding ortho intramolecular Hbond substituents is 1. The second-order valence-corrected chi connectivity index (χ2v) is 19.2. The number of rotatable bonds is 9. The first-order valence-electron chi connectivity index (χ1n) is 24.6. The summed E-state index contributed by atoms with van der Waals surface area (Å²) in [6.07, 6.45) is 7.38. The van der Waals surface area contributed by atoms with Crippen molar-refractivity contribution in [2.24, 2.45) is 0 Å². The number of benzene rings is 11. The van der Waals surface area contributed by atoms with Crippen molar-refractivity contribution in [1.82, 2.24) is 0 Å². The molecular weight excluding hydrogens is 865 g/mol. The third kappa shape index (κ3) is 7.05. The number of para-hydroxylation sites is 3. The predicted octanol–water partition coefficient (Wildman–Crippen LogP) is 18.8. The van der Waals surface area contributed by atoms with Gasteiger partial charge in [-0.2, -0.15) is 0 Å². The van der Waals surface area contributed by atoms with Crippen molar-refractivity contribution >= 4 is 94.0 Å². The lowest BCUT2D eigenvalue weighted by Crippen LogP contribution is -2.12. The van der Waals surface area contributed by atoms with Gasteiger partial charge < -0.3 is 19.3 Å². The molecular formula is C67H50N2O2. The predicted molar refractivity (Wildman–Crippen MR) is 299 cm³/mol. The van der Waals surface area contributed by atoms with Crippen LogP contribution in [-0.4, -0.2) is 5.11 Å². The highest BCUT2D eigenvalue weighted by molar-refractivity contribution is 6.28. The minimum Gasteiger partial charge on any atom is -0.505 e. The number of aryl methyl sites for hydroxylation is 3. The zero-order chi connectivity index (χ0) is 47.7. The molecule has 1 heterocycles. The maximum atomic E-state index is 12.7. The quantitative estimate of drug-likeness (QED) is 0.147. The molecule has 0 saturated carbocycles. The number of aromatic hydroxyl groups is 1. The summed E-state index contributed by atoms with van der Waals surface area (Å²) in [5, 5.41) is 21.7. The van der Waals surface area contributed by atoms with E-state index in [0.717, 1.165) is 101 Å². The minimum absolute atomic E-state index is 0.00185. The average Bonchev–Trinajstić information content (AvgIpc) is 3.80. The van der Waals surface area contributed by atoms with E-state index in [1.54, 1.807) is 0 Å². The molecule has 1 aliphatic carbocycles. The number of phenols is 1. The maximum Gasteiger partial charge on any atom is 0.159 e. The van der Waals surface area contributed by atoms with Crippen molar-refractivity contribution in [3.63, 3.8) is 0 Å². The Kier molecular flexibility index (Phi) is 10.1. The fourth-order valence-electron chi connectivity index (χ4n) is 11.2. The van der Waals surface area contributed by atoms with Crippen LogP contribution < -0.4 is 9.80 Å². The molecule has 4 nitrogen and oxygen atoms in total. The third-order valence-electron chi connectivity index (χ3n) is 14.8. The van der Waals surface area contributed by atoms with E-state index < -0.39 is 0 Å². The van der Waals surface area contributed by atoms with Gasteiger partial charge in [-0.05, 0) is 120 Å². The largest absolute Gasteiger partial charge is 0.505 e. The zero-order valence-electron chi connectivity index (χ0n) is 39.9. The lowest BCUT2D eigenvalue weighted by molar-refractivity contribution is 0.467. The highest BCUT2D eigenvalue weighted by atomic mass is 16.3. The molecule has 1 aromatic heterocycles. The van der Waals surface area contributed by atoms with Crippen molar-refractivity contribution in [3.05, 3.63) is 252 Å². The molecule has 11 aromatic carbocycles. The van der Waals surface area contributed by atoms with Crippen LogP contribution in [0.5, 0.6) is 5.75 Å². The summed E-state index contributed by atoms with van der Waals surface area (Å²) < 4.78 is 7.09. The molecule has 0 amide bonds. The summed E-state index contributed by atoms with van der Waals surface area (Å²) >= 11 is 0. The van der Waals surface area contributed by atoms with Crippen molar-refractivity contribution in [2.75, 3.05) is 9.80 Å². The summed E-state index contributed by atoms with van der Waals surface area (Å²) in [6.45, 7) is 6.42.